The second-order valence-electron chi connectivity index (χ2n) is 6.44. The Balaban J connectivity index is 1.59. The zero-order valence-electron chi connectivity index (χ0n) is 14.9. The lowest BCUT2D eigenvalue weighted by molar-refractivity contribution is -0.120. The molecule has 1 aliphatic heterocycles. The summed E-state index contributed by atoms with van der Waals surface area (Å²) in [6.07, 6.45) is 4.07. The number of ether oxygens (including phenoxy) is 1. The van der Waals surface area contributed by atoms with E-state index in [9.17, 15) is 14.4 Å². The average molecular weight is 362 g/mol. The van der Waals surface area contributed by atoms with Crippen LogP contribution in [0, 0.1) is 0 Å². The van der Waals surface area contributed by atoms with Crippen molar-refractivity contribution in [2.45, 2.75) is 51.1 Å². The summed E-state index contributed by atoms with van der Waals surface area (Å²) in [6, 6.07) is 6.99. The smallest absolute Gasteiger partial charge is 0.315 e. The van der Waals surface area contributed by atoms with Crippen molar-refractivity contribution in [3.8, 4) is 5.75 Å². The Morgan fingerprint density at radius 2 is 1.88 bits per heavy atom. The summed E-state index contributed by atoms with van der Waals surface area (Å²) in [6.45, 7) is 1.81. The van der Waals surface area contributed by atoms with Crippen LogP contribution in [-0.2, 0) is 9.59 Å². The van der Waals surface area contributed by atoms with E-state index in [-0.39, 0.29) is 30.6 Å². The highest BCUT2D eigenvalue weighted by Gasteiger charge is 2.26. The van der Waals surface area contributed by atoms with Crippen LogP contribution in [0.25, 0.3) is 0 Å². The number of rotatable bonds is 10. The number of carbonyl (C=O) groups excluding carboxylic acids is 3. The Morgan fingerprint density at radius 1 is 1.15 bits per heavy atom. The van der Waals surface area contributed by atoms with E-state index in [0.717, 1.165) is 25.7 Å². The van der Waals surface area contributed by atoms with E-state index in [1.54, 1.807) is 24.3 Å². The van der Waals surface area contributed by atoms with Crippen LogP contribution in [0.1, 0.15) is 39.0 Å². The molecule has 1 heterocycles. The van der Waals surface area contributed by atoms with Gasteiger partial charge in [0.25, 0.3) is 5.91 Å². The minimum atomic E-state index is -0.539. The Kier molecular flexibility index (Phi) is 7.25. The number of anilines is 1. The minimum absolute atomic E-state index is 0.0417. The number of carbonyl (C=O) groups is 3. The first-order valence-electron chi connectivity index (χ1n) is 8.82. The molecule has 8 heteroatoms. The average Bonchev–Trinajstić information content (AvgIpc) is 2.91. The SMILES string of the molecule is C[C@@H]1NC(=O)N[C@@H]1CCCCCC(=O)Nc1ccc(OCC(N)=O)cc1. The molecule has 0 aromatic heterocycles. The molecule has 0 spiro atoms. The van der Waals surface area contributed by atoms with Gasteiger partial charge in [0.1, 0.15) is 5.75 Å². The van der Waals surface area contributed by atoms with E-state index in [2.05, 4.69) is 16.0 Å². The molecule has 0 saturated carbocycles. The molecule has 1 fully saturated rings. The van der Waals surface area contributed by atoms with Gasteiger partial charge in [0.2, 0.25) is 5.91 Å². The second kappa shape index (κ2) is 9.65. The van der Waals surface area contributed by atoms with Gasteiger partial charge in [-0.15, -0.1) is 0 Å². The van der Waals surface area contributed by atoms with Gasteiger partial charge in [-0.2, -0.15) is 0 Å². The maximum Gasteiger partial charge on any atom is 0.315 e. The Morgan fingerprint density at radius 3 is 2.50 bits per heavy atom. The van der Waals surface area contributed by atoms with E-state index in [1.807, 2.05) is 6.92 Å². The van der Waals surface area contributed by atoms with Crippen LogP contribution in [0.4, 0.5) is 10.5 Å². The van der Waals surface area contributed by atoms with Crippen LogP contribution >= 0.6 is 0 Å². The Labute approximate surface area is 152 Å². The number of urea groups is 1. The number of unbranched alkanes of at least 4 members (excludes halogenated alkanes) is 2. The van der Waals surface area contributed by atoms with Crippen molar-refractivity contribution in [2.75, 3.05) is 11.9 Å². The van der Waals surface area contributed by atoms with Crippen molar-refractivity contribution in [1.82, 2.24) is 10.6 Å². The van der Waals surface area contributed by atoms with E-state index in [1.165, 1.54) is 0 Å². The van der Waals surface area contributed by atoms with Crippen LogP contribution in [-0.4, -0.2) is 36.5 Å². The molecule has 1 aromatic rings. The molecule has 2 atom stereocenters. The Bertz CT molecular complexity index is 633. The van der Waals surface area contributed by atoms with Gasteiger partial charge in [-0.1, -0.05) is 12.8 Å². The van der Waals surface area contributed by atoms with Crippen LogP contribution in [0.5, 0.6) is 5.75 Å². The first-order valence-corrected chi connectivity index (χ1v) is 8.82. The van der Waals surface area contributed by atoms with Crippen LogP contribution < -0.4 is 26.4 Å². The molecule has 0 unspecified atom stereocenters. The lowest BCUT2D eigenvalue weighted by Gasteiger charge is -2.13. The molecule has 1 saturated heterocycles. The van der Waals surface area contributed by atoms with Gasteiger partial charge >= 0.3 is 6.03 Å². The summed E-state index contributed by atoms with van der Waals surface area (Å²) in [5.74, 6) is -0.0621. The lowest BCUT2D eigenvalue weighted by atomic mass is 10.0. The molecule has 0 aliphatic carbocycles. The largest absolute Gasteiger partial charge is 0.484 e. The number of nitrogens with two attached hydrogens (primary N) is 1. The highest BCUT2D eigenvalue weighted by Crippen LogP contribution is 2.16. The normalized spacial score (nSPS) is 18.7. The van der Waals surface area contributed by atoms with Crippen molar-refractivity contribution in [1.29, 1.82) is 0 Å². The van der Waals surface area contributed by atoms with Gasteiger partial charge in [0, 0.05) is 18.2 Å². The quantitative estimate of drug-likeness (QED) is 0.471. The van der Waals surface area contributed by atoms with Gasteiger partial charge in [-0.05, 0) is 44.0 Å². The third kappa shape index (κ3) is 6.62. The van der Waals surface area contributed by atoms with Gasteiger partial charge in [0.05, 0.1) is 6.04 Å². The molecule has 5 N–H and O–H groups in total. The predicted molar refractivity (Wildman–Crippen MR) is 97.8 cm³/mol. The van der Waals surface area contributed by atoms with Gasteiger partial charge < -0.3 is 26.4 Å². The second-order valence-corrected chi connectivity index (χ2v) is 6.44. The molecule has 1 aliphatic rings. The van der Waals surface area contributed by atoms with Crippen LogP contribution in [0.2, 0.25) is 0 Å². The molecular weight excluding hydrogens is 336 g/mol. The van der Waals surface area contributed by atoms with E-state index in [4.69, 9.17) is 10.5 Å². The fraction of sp³-hybridized carbons (Fsp3) is 0.500. The van der Waals surface area contributed by atoms with Crippen molar-refractivity contribution in [2.24, 2.45) is 5.73 Å². The van der Waals surface area contributed by atoms with Gasteiger partial charge in [-0.25, -0.2) is 4.79 Å². The summed E-state index contributed by atoms with van der Waals surface area (Å²) in [7, 11) is 0. The highest BCUT2D eigenvalue weighted by molar-refractivity contribution is 5.90. The third-order valence-corrected chi connectivity index (χ3v) is 4.22. The summed E-state index contributed by atoms with van der Waals surface area (Å²) in [5, 5.41) is 8.54. The summed E-state index contributed by atoms with van der Waals surface area (Å²) < 4.78 is 5.16. The predicted octanol–water partition coefficient (Wildman–Crippen LogP) is 1.51. The maximum absolute atomic E-state index is 12.0. The first kappa shape index (κ1) is 19.6. The molecule has 1 aromatic carbocycles. The molecule has 0 radical (unpaired) electrons. The summed E-state index contributed by atoms with van der Waals surface area (Å²) in [5.41, 5.74) is 5.69. The van der Waals surface area contributed by atoms with E-state index < -0.39 is 5.91 Å². The van der Waals surface area contributed by atoms with Gasteiger partial charge in [0.15, 0.2) is 6.61 Å². The highest BCUT2D eigenvalue weighted by atomic mass is 16.5. The number of nitrogens with one attached hydrogen (secondary N) is 3. The third-order valence-electron chi connectivity index (χ3n) is 4.22. The van der Waals surface area contributed by atoms with Crippen LogP contribution in [0.3, 0.4) is 0 Å². The number of benzene rings is 1. The molecule has 2 rings (SSSR count). The van der Waals surface area contributed by atoms with Crippen molar-refractivity contribution in [3.05, 3.63) is 24.3 Å². The zero-order chi connectivity index (χ0) is 18.9. The van der Waals surface area contributed by atoms with Gasteiger partial charge in [-0.3, -0.25) is 9.59 Å². The van der Waals surface area contributed by atoms with Crippen molar-refractivity contribution >= 4 is 23.5 Å². The standard InChI is InChI=1S/C18H26N4O4/c1-12-15(22-18(25)20-12)5-3-2-4-6-17(24)21-13-7-9-14(10-8-13)26-11-16(19)23/h7-10,12,15H,2-6,11H2,1H3,(H2,19,23)(H,21,24)(H2,20,22,25)/t12-,15+/m0/s1. The topological polar surface area (TPSA) is 123 Å². The Hall–Kier alpha value is -2.77. The minimum Gasteiger partial charge on any atom is -0.484 e. The fourth-order valence-electron chi connectivity index (χ4n) is 2.80. The van der Waals surface area contributed by atoms with Crippen molar-refractivity contribution in [3.63, 3.8) is 0 Å². The zero-order valence-corrected chi connectivity index (χ0v) is 14.9. The number of amides is 4. The summed E-state index contributed by atoms with van der Waals surface area (Å²) in [4.78, 5) is 33.8. The monoisotopic (exact) mass is 362 g/mol. The molecular formula is C18H26N4O4. The molecule has 142 valence electrons. The van der Waals surface area contributed by atoms with E-state index in [0.29, 0.717) is 17.9 Å². The number of primary amides is 1. The fourth-order valence-corrected chi connectivity index (χ4v) is 2.80. The van der Waals surface area contributed by atoms with E-state index >= 15 is 0 Å². The molecule has 26 heavy (non-hydrogen) atoms. The molecule has 0 bridgehead atoms. The van der Waals surface area contributed by atoms with Crippen LogP contribution in [0.15, 0.2) is 24.3 Å². The number of hydrogen-bond acceptors (Lipinski definition) is 4. The van der Waals surface area contributed by atoms with Crippen molar-refractivity contribution < 1.29 is 19.1 Å². The first-order chi connectivity index (χ1) is 12.4. The lowest BCUT2D eigenvalue weighted by Crippen LogP contribution is -2.30. The summed E-state index contributed by atoms with van der Waals surface area (Å²) >= 11 is 0. The number of hydrogen-bond donors (Lipinski definition) is 4. The molecule has 8 nitrogen and oxygen atoms in total. The molecule has 4 amide bonds. The maximum atomic E-state index is 12.0.